The van der Waals surface area contributed by atoms with E-state index in [-0.39, 0.29) is 17.9 Å². The standard InChI is InChI=1S/C15H22N2OS/c1-10(2)14(15(16)19)17-13(18)9-8-12-7-5-4-6-11(12)3/h4-7,10,14H,8-9H2,1-3H3,(H2,16,19)(H,17,18). The number of benzene rings is 1. The Bertz CT molecular complexity index is 457. The van der Waals surface area contributed by atoms with Gasteiger partial charge in [0.15, 0.2) is 0 Å². The molecule has 3 nitrogen and oxygen atoms in total. The number of carbonyl (C=O) groups excluding carboxylic acids is 1. The number of carbonyl (C=O) groups is 1. The summed E-state index contributed by atoms with van der Waals surface area (Å²) in [6, 6.07) is 7.88. The van der Waals surface area contributed by atoms with Crippen molar-refractivity contribution in [3.63, 3.8) is 0 Å². The van der Waals surface area contributed by atoms with Crippen LogP contribution in [0.1, 0.15) is 31.4 Å². The van der Waals surface area contributed by atoms with E-state index >= 15 is 0 Å². The molecule has 0 aromatic heterocycles. The summed E-state index contributed by atoms with van der Waals surface area (Å²) in [6.45, 7) is 6.04. The van der Waals surface area contributed by atoms with E-state index in [1.807, 2.05) is 26.0 Å². The van der Waals surface area contributed by atoms with Gasteiger partial charge in [-0.1, -0.05) is 50.3 Å². The summed E-state index contributed by atoms with van der Waals surface area (Å²) in [7, 11) is 0. The van der Waals surface area contributed by atoms with Gasteiger partial charge in [-0.25, -0.2) is 0 Å². The number of rotatable bonds is 6. The summed E-state index contributed by atoms with van der Waals surface area (Å²) in [4.78, 5) is 12.3. The summed E-state index contributed by atoms with van der Waals surface area (Å²) in [5.41, 5.74) is 8.05. The fourth-order valence-corrected chi connectivity index (χ4v) is 2.28. The minimum absolute atomic E-state index is 0.00486. The molecular formula is C15H22N2OS. The molecule has 1 amide bonds. The molecule has 0 aliphatic carbocycles. The molecule has 0 radical (unpaired) electrons. The van der Waals surface area contributed by atoms with Crippen LogP contribution in [-0.2, 0) is 11.2 Å². The molecule has 0 heterocycles. The molecular weight excluding hydrogens is 256 g/mol. The lowest BCUT2D eigenvalue weighted by molar-refractivity contribution is -0.121. The van der Waals surface area contributed by atoms with Crippen LogP contribution < -0.4 is 11.1 Å². The highest BCUT2D eigenvalue weighted by atomic mass is 32.1. The molecule has 4 heteroatoms. The number of aryl methyl sites for hydroxylation is 2. The SMILES string of the molecule is Cc1ccccc1CCC(=O)NC(C(N)=S)C(C)C. The maximum Gasteiger partial charge on any atom is 0.220 e. The molecule has 0 spiro atoms. The van der Waals surface area contributed by atoms with E-state index in [1.54, 1.807) is 0 Å². The first-order valence-corrected chi connectivity index (χ1v) is 6.96. The first-order valence-electron chi connectivity index (χ1n) is 6.55. The van der Waals surface area contributed by atoms with Crippen LogP contribution >= 0.6 is 12.2 Å². The molecule has 0 bridgehead atoms. The monoisotopic (exact) mass is 278 g/mol. The molecule has 0 fully saturated rings. The highest BCUT2D eigenvalue weighted by Gasteiger charge is 2.18. The second-order valence-corrected chi connectivity index (χ2v) is 5.59. The van der Waals surface area contributed by atoms with Crippen molar-refractivity contribution >= 4 is 23.1 Å². The Morgan fingerprint density at radius 1 is 1.37 bits per heavy atom. The molecule has 1 unspecified atom stereocenters. The fraction of sp³-hybridized carbons (Fsp3) is 0.467. The number of amides is 1. The molecule has 3 N–H and O–H groups in total. The van der Waals surface area contributed by atoms with Crippen LogP contribution in [-0.4, -0.2) is 16.9 Å². The molecule has 0 aliphatic heterocycles. The van der Waals surface area contributed by atoms with Gasteiger partial charge in [-0.2, -0.15) is 0 Å². The summed E-state index contributed by atoms with van der Waals surface area (Å²) >= 11 is 4.97. The van der Waals surface area contributed by atoms with Crippen LogP contribution in [0.3, 0.4) is 0 Å². The van der Waals surface area contributed by atoms with Gasteiger partial charge in [-0.05, 0) is 30.4 Å². The van der Waals surface area contributed by atoms with Crippen molar-refractivity contribution in [2.24, 2.45) is 11.7 Å². The van der Waals surface area contributed by atoms with Crippen LogP contribution in [0.15, 0.2) is 24.3 Å². The maximum atomic E-state index is 11.9. The number of thiocarbonyl (C=S) groups is 1. The van der Waals surface area contributed by atoms with Gasteiger partial charge in [0.2, 0.25) is 5.91 Å². The van der Waals surface area contributed by atoms with Gasteiger partial charge in [-0.3, -0.25) is 4.79 Å². The van der Waals surface area contributed by atoms with E-state index < -0.39 is 0 Å². The molecule has 19 heavy (non-hydrogen) atoms. The van der Waals surface area contributed by atoms with Gasteiger partial charge in [0.1, 0.15) is 0 Å². The summed E-state index contributed by atoms with van der Waals surface area (Å²) in [6.07, 6.45) is 1.19. The van der Waals surface area contributed by atoms with Gasteiger partial charge >= 0.3 is 0 Å². The Morgan fingerprint density at radius 3 is 2.53 bits per heavy atom. The van der Waals surface area contributed by atoms with Gasteiger partial charge in [0.25, 0.3) is 0 Å². The lowest BCUT2D eigenvalue weighted by Gasteiger charge is -2.21. The van der Waals surface area contributed by atoms with Gasteiger partial charge in [0.05, 0.1) is 11.0 Å². The van der Waals surface area contributed by atoms with Crippen molar-refractivity contribution in [2.75, 3.05) is 0 Å². The average molecular weight is 278 g/mol. The third kappa shape index (κ3) is 4.99. The largest absolute Gasteiger partial charge is 0.392 e. The molecule has 104 valence electrons. The topological polar surface area (TPSA) is 55.1 Å². The minimum Gasteiger partial charge on any atom is -0.392 e. The van der Waals surface area contributed by atoms with Gasteiger partial charge < -0.3 is 11.1 Å². The van der Waals surface area contributed by atoms with E-state index in [2.05, 4.69) is 24.4 Å². The first kappa shape index (κ1) is 15.6. The molecule has 0 saturated heterocycles. The van der Waals surface area contributed by atoms with E-state index in [1.165, 1.54) is 11.1 Å². The second-order valence-electron chi connectivity index (χ2n) is 5.12. The van der Waals surface area contributed by atoms with Crippen molar-refractivity contribution in [3.8, 4) is 0 Å². The smallest absolute Gasteiger partial charge is 0.220 e. The summed E-state index contributed by atoms with van der Waals surface area (Å²) in [5, 5.41) is 2.90. The highest BCUT2D eigenvalue weighted by Crippen LogP contribution is 2.10. The normalized spacial score (nSPS) is 12.2. The predicted octanol–water partition coefficient (Wildman–Crippen LogP) is 2.35. The van der Waals surface area contributed by atoms with Crippen LogP contribution in [0, 0.1) is 12.8 Å². The Balaban J connectivity index is 2.52. The predicted molar refractivity (Wildman–Crippen MR) is 83.1 cm³/mol. The van der Waals surface area contributed by atoms with Gasteiger partial charge in [0, 0.05) is 6.42 Å². The zero-order valence-electron chi connectivity index (χ0n) is 11.8. The van der Waals surface area contributed by atoms with Crippen molar-refractivity contribution in [2.45, 2.75) is 39.7 Å². The van der Waals surface area contributed by atoms with Gasteiger partial charge in [-0.15, -0.1) is 0 Å². The highest BCUT2D eigenvalue weighted by molar-refractivity contribution is 7.80. The number of nitrogens with one attached hydrogen (secondary N) is 1. The minimum atomic E-state index is -0.223. The molecule has 1 atom stereocenters. The van der Waals surface area contributed by atoms with E-state index in [4.69, 9.17) is 18.0 Å². The zero-order chi connectivity index (χ0) is 14.4. The molecule has 1 aromatic carbocycles. The summed E-state index contributed by atoms with van der Waals surface area (Å²) < 4.78 is 0. The fourth-order valence-electron chi connectivity index (χ4n) is 1.95. The van der Waals surface area contributed by atoms with E-state index in [0.29, 0.717) is 11.4 Å². The third-order valence-corrected chi connectivity index (χ3v) is 3.43. The summed E-state index contributed by atoms with van der Waals surface area (Å²) in [5.74, 6) is 0.203. The van der Waals surface area contributed by atoms with E-state index in [0.717, 1.165) is 6.42 Å². The van der Waals surface area contributed by atoms with Crippen molar-refractivity contribution in [1.29, 1.82) is 0 Å². The number of hydrogen-bond donors (Lipinski definition) is 2. The Morgan fingerprint density at radius 2 is 2.00 bits per heavy atom. The van der Waals surface area contributed by atoms with E-state index in [9.17, 15) is 4.79 Å². The number of hydrogen-bond acceptors (Lipinski definition) is 2. The average Bonchev–Trinajstić information content (AvgIpc) is 2.34. The lowest BCUT2D eigenvalue weighted by atomic mass is 10.0. The van der Waals surface area contributed by atoms with Crippen LogP contribution in [0.25, 0.3) is 0 Å². The molecule has 0 aliphatic rings. The first-order chi connectivity index (χ1) is 8.91. The van der Waals surface area contributed by atoms with Crippen LogP contribution in [0.2, 0.25) is 0 Å². The van der Waals surface area contributed by atoms with Crippen LogP contribution in [0.4, 0.5) is 0 Å². The zero-order valence-corrected chi connectivity index (χ0v) is 12.6. The van der Waals surface area contributed by atoms with Crippen molar-refractivity contribution < 1.29 is 4.79 Å². The quantitative estimate of drug-likeness (QED) is 0.785. The third-order valence-electron chi connectivity index (χ3n) is 3.17. The second kappa shape index (κ2) is 7.24. The Kier molecular flexibility index (Phi) is 5.96. The maximum absolute atomic E-state index is 11.9. The van der Waals surface area contributed by atoms with Crippen molar-refractivity contribution in [3.05, 3.63) is 35.4 Å². The molecule has 0 saturated carbocycles. The number of nitrogens with two attached hydrogens (primary N) is 1. The lowest BCUT2D eigenvalue weighted by Crippen LogP contribution is -2.46. The molecule has 1 rings (SSSR count). The van der Waals surface area contributed by atoms with Crippen LogP contribution in [0.5, 0.6) is 0 Å². The molecule has 1 aromatic rings. The van der Waals surface area contributed by atoms with Crippen molar-refractivity contribution in [1.82, 2.24) is 5.32 Å². The Labute approximate surface area is 120 Å². The Hall–Kier alpha value is -1.42.